The van der Waals surface area contributed by atoms with Crippen molar-refractivity contribution in [1.82, 2.24) is 4.90 Å². The summed E-state index contributed by atoms with van der Waals surface area (Å²) in [6, 6.07) is 5.65. The Balaban J connectivity index is 1.93. The van der Waals surface area contributed by atoms with Gasteiger partial charge in [0.2, 0.25) is 5.91 Å². The second-order valence-electron chi connectivity index (χ2n) is 5.32. The van der Waals surface area contributed by atoms with Gasteiger partial charge in [-0.15, -0.1) is 0 Å². The van der Waals surface area contributed by atoms with Crippen molar-refractivity contribution >= 4 is 23.2 Å². The standard InChI is InChI=1S/C15H21ClN2O2/c1-10-8-18(9-11(2)20-10)15(19)7-17-14-6-4-5-13(16)12(14)3/h4-6,10-11,17H,7-9H2,1-3H3. The number of benzene rings is 1. The molecule has 5 heteroatoms. The Morgan fingerprint density at radius 2 is 2.05 bits per heavy atom. The first kappa shape index (κ1) is 15.1. The monoisotopic (exact) mass is 296 g/mol. The third-order valence-electron chi connectivity index (χ3n) is 3.47. The molecule has 1 heterocycles. The first-order valence-electron chi connectivity index (χ1n) is 6.89. The summed E-state index contributed by atoms with van der Waals surface area (Å²) in [7, 11) is 0. The molecule has 1 aliphatic heterocycles. The van der Waals surface area contributed by atoms with Crippen LogP contribution in [0.15, 0.2) is 18.2 Å². The summed E-state index contributed by atoms with van der Waals surface area (Å²) < 4.78 is 5.63. The second kappa shape index (κ2) is 6.46. The summed E-state index contributed by atoms with van der Waals surface area (Å²) in [6.45, 7) is 7.50. The van der Waals surface area contributed by atoms with Crippen molar-refractivity contribution in [2.24, 2.45) is 0 Å². The number of carbonyl (C=O) groups is 1. The Hall–Kier alpha value is -1.26. The number of amides is 1. The van der Waals surface area contributed by atoms with E-state index in [1.54, 1.807) is 0 Å². The third-order valence-corrected chi connectivity index (χ3v) is 3.88. The van der Waals surface area contributed by atoms with E-state index < -0.39 is 0 Å². The van der Waals surface area contributed by atoms with Crippen molar-refractivity contribution in [1.29, 1.82) is 0 Å². The van der Waals surface area contributed by atoms with Gasteiger partial charge in [0.1, 0.15) is 0 Å². The molecule has 1 aliphatic rings. The normalized spacial score (nSPS) is 22.7. The smallest absolute Gasteiger partial charge is 0.242 e. The number of nitrogens with zero attached hydrogens (tertiary/aromatic N) is 1. The van der Waals surface area contributed by atoms with Crippen LogP contribution in [0.2, 0.25) is 5.02 Å². The van der Waals surface area contributed by atoms with Gasteiger partial charge in [0.05, 0.1) is 18.8 Å². The number of carbonyl (C=O) groups excluding carboxylic acids is 1. The molecule has 0 saturated carbocycles. The lowest BCUT2D eigenvalue weighted by Crippen LogP contribution is -2.49. The fraction of sp³-hybridized carbons (Fsp3) is 0.533. The lowest BCUT2D eigenvalue weighted by Gasteiger charge is -2.35. The van der Waals surface area contributed by atoms with Gasteiger partial charge in [-0.3, -0.25) is 4.79 Å². The van der Waals surface area contributed by atoms with Crippen molar-refractivity contribution < 1.29 is 9.53 Å². The molecule has 2 unspecified atom stereocenters. The van der Waals surface area contributed by atoms with Crippen LogP contribution in [-0.2, 0) is 9.53 Å². The zero-order valence-electron chi connectivity index (χ0n) is 12.1. The van der Waals surface area contributed by atoms with Crippen LogP contribution in [0.5, 0.6) is 0 Å². The minimum Gasteiger partial charge on any atom is -0.376 e. The molecule has 1 N–H and O–H groups in total. The van der Waals surface area contributed by atoms with Gasteiger partial charge in [-0.25, -0.2) is 0 Å². The summed E-state index contributed by atoms with van der Waals surface area (Å²) in [5.41, 5.74) is 1.87. The molecule has 110 valence electrons. The molecule has 1 fully saturated rings. The van der Waals surface area contributed by atoms with Crippen molar-refractivity contribution in [2.75, 3.05) is 25.0 Å². The van der Waals surface area contributed by atoms with Crippen molar-refractivity contribution in [3.05, 3.63) is 28.8 Å². The number of hydrogen-bond acceptors (Lipinski definition) is 3. The predicted molar refractivity (Wildman–Crippen MR) is 81.3 cm³/mol. The van der Waals surface area contributed by atoms with E-state index in [2.05, 4.69) is 5.32 Å². The number of hydrogen-bond donors (Lipinski definition) is 1. The molecular weight excluding hydrogens is 276 g/mol. The van der Waals surface area contributed by atoms with E-state index in [4.69, 9.17) is 16.3 Å². The fourth-order valence-electron chi connectivity index (χ4n) is 2.46. The van der Waals surface area contributed by atoms with E-state index in [0.29, 0.717) is 18.1 Å². The van der Waals surface area contributed by atoms with E-state index in [0.717, 1.165) is 11.3 Å². The molecule has 1 saturated heterocycles. The quantitative estimate of drug-likeness (QED) is 0.932. The lowest BCUT2D eigenvalue weighted by molar-refractivity contribution is -0.141. The van der Waals surface area contributed by atoms with Gasteiger partial charge in [-0.2, -0.15) is 0 Å². The Morgan fingerprint density at radius 3 is 2.70 bits per heavy atom. The summed E-state index contributed by atoms with van der Waals surface area (Å²) in [4.78, 5) is 14.1. The summed E-state index contributed by atoms with van der Waals surface area (Å²) in [5, 5.41) is 3.87. The molecule has 0 bridgehead atoms. The zero-order valence-corrected chi connectivity index (χ0v) is 12.9. The molecule has 2 rings (SSSR count). The van der Waals surface area contributed by atoms with Gasteiger partial charge in [0, 0.05) is 23.8 Å². The maximum absolute atomic E-state index is 12.2. The van der Waals surface area contributed by atoms with Gasteiger partial charge in [-0.05, 0) is 38.5 Å². The molecule has 4 nitrogen and oxygen atoms in total. The number of ether oxygens (including phenoxy) is 1. The average Bonchev–Trinajstić information content (AvgIpc) is 2.39. The number of rotatable bonds is 3. The van der Waals surface area contributed by atoms with E-state index in [-0.39, 0.29) is 24.7 Å². The molecule has 20 heavy (non-hydrogen) atoms. The molecule has 1 amide bonds. The van der Waals surface area contributed by atoms with Crippen molar-refractivity contribution in [2.45, 2.75) is 33.0 Å². The largest absolute Gasteiger partial charge is 0.376 e. The fourth-order valence-corrected chi connectivity index (χ4v) is 2.64. The number of morpholine rings is 1. The van der Waals surface area contributed by atoms with Crippen LogP contribution in [0.25, 0.3) is 0 Å². The molecule has 0 spiro atoms. The minimum absolute atomic E-state index is 0.0892. The van der Waals surface area contributed by atoms with Crippen LogP contribution in [-0.4, -0.2) is 42.6 Å². The van der Waals surface area contributed by atoms with Crippen molar-refractivity contribution in [3.8, 4) is 0 Å². The van der Waals surface area contributed by atoms with Crippen LogP contribution in [0, 0.1) is 6.92 Å². The second-order valence-corrected chi connectivity index (χ2v) is 5.73. The highest BCUT2D eigenvalue weighted by molar-refractivity contribution is 6.31. The third kappa shape index (κ3) is 3.64. The number of halogens is 1. The first-order chi connectivity index (χ1) is 9.47. The van der Waals surface area contributed by atoms with Crippen LogP contribution >= 0.6 is 11.6 Å². The molecule has 1 aromatic rings. The summed E-state index contributed by atoms with van der Waals surface area (Å²) >= 11 is 6.06. The topological polar surface area (TPSA) is 41.6 Å². The maximum atomic E-state index is 12.2. The predicted octanol–water partition coefficient (Wildman–Crippen LogP) is 2.70. The van der Waals surface area contributed by atoms with Gasteiger partial charge in [-0.1, -0.05) is 17.7 Å². The average molecular weight is 297 g/mol. The zero-order chi connectivity index (χ0) is 14.7. The van der Waals surface area contributed by atoms with Gasteiger partial charge in [0.25, 0.3) is 0 Å². The highest BCUT2D eigenvalue weighted by Gasteiger charge is 2.25. The number of anilines is 1. The van der Waals surface area contributed by atoms with Gasteiger partial charge in [0.15, 0.2) is 0 Å². The Kier molecular flexibility index (Phi) is 4.89. The molecule has 1 aromatic carbocycles. The van der Waals surface area contributed by atoms with Gasteiger partial charge >= 0.3 is 0 Å². The van der Waals surface area contributed by atoms with Crippen molar-refractivity contribution in [3.63, 3.8) is 0 Å². The van der Waals surface area contributed by atoms with Crippen LogP contribution in [0.1, 0.15) is 19.4 Å². The van der Waals surface area contributed by atoms with Crippen LogP contribution < -0.4 is 5.32 Å². The van der Waals surface area contributed by atoms with E-state index in [1.165, 1.54) is 0 Å². The minimum atomic E-state index is 0.0892. The van der Waals surface area contributed by atoms with E-state index >= 15 is 0 Å². The highest BCUT2D eigenvalue weighted by atomic mass is 35.5. The molecule has 0 aliphatic carbocycles. The molecule has 0 radical (unpaired) electrons. The Bertz CT molecular complexity index is 483. The molecule has 2 atom stereocenters. The van der Waals surface area contributed by atoms with Crippen LogP contribution in [0.3, 0.4) is 0 Å². The summed E-state index contributed by atoms with van der Waals surface area (Å²) in [6.07, 6.45) is 0.186. The number of nitrogens with one attached hydrogen (secondary N) is 1. The molecule has 0 aromatic heterocycles. The van der Waals surface area contributed by atoms with E-state index in [9.17, 15) is 4.79 Å². The van der Waals surface area contributed by atoms with Crippen LogP contribution in [0.4, 0.5) is 5.69 Å². The maximum Gasteiger partial charge on any atom is 0.242 e. The molecular formula is C15H21ClN2O2. The lowest BCUT2D eigenvalue weighted by atomic mass is 10.2. The van der Waals surface area contributed by atoms with E-state index in [1.807, 2.05) is 43.9 Å². The summed E-state index contributed by atoms with van der Waals surface area (Å²) in [5.74, 6) is 0.0892. The first-order valence-corrected chi connectivity index (χ1v) is 7.27. The Labute approximate surface area is 125 Å². The highest BCUT2D eigenvalue weighted by Crippen LogP contribution is 2.22. The SMILES string of the molecule is Cc1c(Cl)cccc1NCC(=O)N1CC(C)OC(C)C1. The Morgan fingerprint density at radius 1 is 1.40 bits per heavy atom. The van der Waals surface area contributed by atoms with Gasteiger partial charge < -0.3 is 15.0 Å².